The Kier molecular flexibility index (Phi) is 6.73. The van der Waals surface area contributed by atoms with Crippen molar-refractivity contribution in [1.29, 1.82) is 0 Å². The van der Waals surface area contributed by atoms with Gasteiger partial charge in [0.2, 0.25) is 5.91 Å². The zero-order valence-electron chi connectivity index (χ0n) is 16.7. The van der Waals surface area contributed by atoms with Crippen LogP contribution in [-0.4, -0.2) is 17.1 Å². The topological polar surface area (TPSA) is 58.2 Å². The molecule has 0 bridgehead atoms. The lowest BCUT2D eigenvalue weighted by Crippen LogP contribution is -2.22. The molecule has 3 aromatic rings. The van der Waals surface area contributed by atoms with Gasteiger partial charge in [-0.15, -0.1) is 11.8 Å². The van der Waals surface area contributed by atoms with E-state index in [2.05, 4.69) is 10.6 Å². The maximum atomic E-state index is 12.4. The zero-order chi connectivity index (χ0) is 20.8. The van der Waals surface area contributed by atoms with Crippen molar-refractivity contribution >= 4 is 35.0 Å². The van der Waals surface area contributed by atoms with Crippen LogP contribution in [0, 0.1) is 13.8 Å². The molecule has 0 fully saturated rings. The third-order valence-corrected chi connectivity index (χ3v) is 5.62. The molecule has 3 aromatic carbocycles. The van der Waals surface area contributed by atoms with Crippen molar-refractivity contribution in [2.45, 2.75) is 30.9 Å². The quantitative estimate of drug-likeness (QED) is 0.520. The molecule has 5 heteroatoms. The van der Waals surface area contributed by atoms with Crippen LogP contribution in [0.1, 0.15) is 28.4 Å². The van der Waals surface area contributed by atoms with E-state index >= 15 is 0 Å². The second kappa shape index (κ2) is 9.43. The smallest absolute Gasteiger partial charge is 0.255 e. The summed E-state index contributed by atoms with van der Waals surface area (Å²) in [5.41, 5.74) is 4.26. The van der Waals surface area contributed by atoms with Gasteiger partial charge < -0.3 is 10.6 Å². The SMILES string of the molecule is Cc1ccc(NC(=O)C(C)Sc2ccc(NC(=O)c3ccccc3C)cc2)cc1. The molecule has 0 saturated carbocycles. The van der Waals surface area contributed by atoms with E-state index < -0.39 is 0 Å². The van der Waals surface area contributed by atoms with Gasteiger partial charge in [0.15, 0.2) is 0 Å². The Morgan fingerprint density at radius 1 is 0.793 bits per heavy atom. The molecule has 148 valence electrons. The van der Waals surface area contributed by atoms with Crippen LogP contribution < -0.4 is 10.6 Å². The van der Waals surface area contributed by atoms with E-state index in [1.807, 2.05) is 93.6 Å². The van der Waals surface area contributed by atoms with Crippen LogP contribution >= 0.6 is 11.8 Å². The molecule has 0 spiro atoms. The van der Waals surface area contributed by atoms with Crippen LogP contribution in [0.25, 0.3) is 0 Å². The van der Waals surface area contributed by atoms with E-state index in [0.717, 1.165) is 27.4 Å². The highest BCUT2D eigenvalue weighted by Gasteiger charge is 2.15. The maximum absolute atomic E-state index is 12.4. The number of rotatable bonds is 6. The molecule has 2 N–H and O–H groups in total. The van der Waals surface area contributed by atoms with Crippen LogP contribution in [0.2, 0.25) is 0 Å². The van der Waals surface area contributed by atoms with E-state index in [-0.39, 0.29) is 17.1 Å². The van der Waals surface area contributed by atoms with E-state index in [0.29, 0.717) is 5.56 Å². The largest absolute Gasteiger partial charge is 0.325 e. The van der Waals surface area contributed by atoms with E-state index in [1.54, 1.807) is 0 Å². The first-order chi connectivity index (χ1) is 13.9. The Bertz CT molecular complexity index is 998. The van der Waals surface area contributed by atoms with Gasteiger partial charge >= 0.3 is 0 Å². The number of nitrogens with one attached hydrogen (secondary N) is 2. The van der Waals surface area contributed by atoms with Crippen LogP contribution in [-0.2, 0) is 4.79 Å². The lowest BCUT2D eigenvalue weighted by atomic mass is 10.1. The molecule has 0 radical (unpaired) electrons. The number of thioether (sulfide) groups is 1. The Morgan fingerprint density at radius 2 is 1.38 bits per heavy atom. The lowest BCUT2D eigenvalue weighted by molar-refractivity contribution is -0.115. The molecule has 3 rings (SSSR count). The molecule has 0 aliphatic rings. The molecule has 0 aliphatic carbocycles. The number of amides is 2. The molecular formula is C24H24N2O2S. The summed E-state index contributed by atoms with van der Waals surface area (Å²) in [5, 5.41) is 5.60. The average Bonchev–Trinajstić information content (AvgIpc) is 2.71. The zero-order valence-corrected chi connectivity index (χ0v) is 17.5. The van der Waals surface area contributed by atoms with Crippen molar-refractivity contribution in [2.24, 2.45) is 0 Å². The maximum Gasteiger partial charge on any atom is 0.255 e. The van der Waals surface area contributed by atoms with Crippen LogP contribution in [0.15, 0.2) is 77.7 Å². The summed E-state index contributed by atoms with van der Waals surface area (Å²) in [5.74, 6) is -0.176. The van der Waals surface area contributed by atoms with Gasteiger partial charge in [-0.25, -0.2) is 0 Å². The van der Waals surface area contributed by atoms with Gasteiger partial charge in [0, 0.05) is 21.8 Å². The average molecular weight is 405 g/mol. The normalized spacial score (nSPS) is 11.6. The Hall–Kier alpha value is -3.05. The third kappa shape index (κ3) is 5.72. The van der Waals surface area contributed by atoms with Crippen molar-refractivity contribution in [2.75, 3.05) is 10.6 Å². The number of carbonyl (C=O) groups excluding carboxylic acids is 2. The van der Waals surface area contributed by atoms with Crippen LogP contribution in [0.4, 0.5) is 11.4 Å². The second-order valence-electron chi connectivity index (χ2n) is 6.91. The van der Waals surface area contributed by atoms with Crippen molar-refractivity contribution in [3.8, 4) is 0 Å². The molecular weight excluding hydrogens is 380 g/mol. The number of hydrogen-bond donors (Lipinski definition) is 2. The van der Waals surface area contributed by atoms with E-state index in [1.165, 1.54) is 11.8 Å². The van der Waals surface area contributed by atoms with E-state index in [4.69, 9.17) is 0 Å². The number of carbonyl (C=O) groups is 2. The Labute approximate surface area is 175 Å². The summed E-state index contributed by atoms with van der Waals surface area (Å²) >= 11 is 1.48. The number of aryl methyl sites for hydroxylation is 2. The lowest BCUT2D eigenvalue weighted by Gasteiger charge is -2.13. The first-order valence-electron chi connectivity index (χ1n) is 9.43. The Balaban J connectivity index is 1.57. The second-order valence-corrected chi connectivity index (χ2v) is 8.32. The van der Waals surface area contributed by atoms with Crippen molar-refractivity contribution in [3.05, 3.63) is 89.5 Å². The summed E-state index contributed by atoms with van der Waals surface area (Å²) in [6.07, 6.45) is 0. The molecule has 0 aromatic heterocycles. The minimum Gasteiger partial charge on any atom is -0.325 e. The highest BCUT2D eigenvalue weighted by atomic mass is 32.2. The fourth-order valence-electron chi connectivity index (χ4n) is 2.78. The van der Waals surface area contributed by atoms with Crippen molar-refractivity contribution < 1.29 is 9.59 Å². The molecule has 0 heterocycles. The van der Waals surface area contributed by atoms with Gasteiger partial charge in [-0.1, -0.05) is 35.9 Å². The summed E-state index contributed by atoms with van der Waals surface area (Å²) in [6, 6.07) is 22.7. The first kappa shape index (κ1) is 20.7. The molecule has 1 unspecified atom stereocenters. The van der Waals surface area contributed by atoms with Gasteiger partial charge in [0.05, 0.1) is 5.25 Å². The van der Waals surface area contributed by atoms with Gasteiger partial charge in [-0.05, 0) is 68.8 Å². The molecule has 1 atom stereocenters. The van der Waals surface area contributed by atoms with Gasteiger partial charge in [-0.2, -0.15) is 0 Å². The van der Waals surface area contributed by atoms with Crippen molar-refractivity contribution in [3.63, 3.8) is 0 Å². The van der Waals surface area contributed by atoms with Gasteiger partial charge in [0.25, 0.3) is 5.91 Å². The molecule has 0 saturated heterocycles. The predicted molar refractivity (Wildman–Crippen MR) is 121 cm³/mol. The number of hydrogen-bond acceptors (Lipinski definition) is 3. The van der Waals surface area contributed by atoms with Gasteiger partial charge in [0.1, 0.15) is 0 Å². The van der Waals surface area contributed by atoms with Crippen LogP contribution in [0.5, 0.6) is 0 Å². The molecule has 29 heavy (non-hydrogen) atoms. The fraction of sp³-hybridized carbons (Fsp3) is 0.167. The molecule has 0 aliphatic heterocycles. The van der Waals surface area contributed by atoms with Crippen molar-refractivity contribution in [1.82, 2.24) is 0 Å². The predicted octanol–water partition coefficient (Wildman–Crippen LogP) is 5.68. The minimum atomic E-state index is -0.247. The van der Waals surface area contributed by atoms with Crippen LogP contribution in [0.3, 0.4) is 0 Å². The monoisotopic (exact) mass is 404 g/mol. The first-order valence-corrected chi connectivity index (χ1v) is 10.3. The minimum absolute atomic E-state index is 0.0456. The third-order valence-electron chi connectivity index (χ3n) is 4.50. The summed E-state index contributed by atoms with van der Waals surface area (Å²) < 4.78 is 0. The summed E-state index contributed by atoms with van der Waals surface area (Å²) in [7, 11) is 0. The van der Waals surface area contributed by atoms with Gasteiger partial charge in [-0.3, -0.25) is 9.59 Å². The molecule has 2 amide bonds. The number of benzene rings is 3. The van der Waals surface area contributed by atoms with E-state index in [9.17, 15) is 9.59 Å². The standard InChI is InChI=1S/C24H24N2O2S/c1-16-8-10-19(11-9-16)25-23(27)18(3)29-21-14-12-20(13-15-21)26-24(28)22-7-5-4-6-17(22)2/h4-15,18H,1-3H3,(H,25,27)(H,26,28). The Morgan fingerprint density at radius 3 is 2.03 bits per heavy atom. The molecule has 4 nitrogen and oxygen atoms in total. The fourth-order valence-corrected chi connectivity index (χ4v) is 3.65. The number of anilines is 2. The summed E-state index contributed by atoms with van der Waals surface area (Å²) in [4.78, 5) is 25.8. The highest BCUT2D eigenvalue weighted by molar-refractivity contribution is 8.00. The summed E-state index contributed by atoms with van der Waals surface area (Å²) in [6.45, 7) is 5.80. The highest BCUT2D eigenvalue weighted by Crippen LogP contribution is 2.26.